The summed E-state index contributed by atoms with van der Waals surface area (Å²) in [5, 5.41) is 11.0. The van der Waals surface area contributed by atoms with Crippen molar-refractivity contribution in [1.82, 2.24) is 4.90 Å². The fraction of sp³-hybridized carbons (Fsp3) is 0.250. The van der Waals surface area contributed by atoms with Gasteiger partial charge >= 0.3 is 0 Å². The average Bonchev–Trinajstić information content (AvgIpc) is 3.35. The largest absolute Gasteiger partial charge is 0.468 e. The number of nitrogens with zero attached hydrogens (tertiary/aromatic N) is 1. The minimum Gasteiger partial charge on any atom is -0.468 e. The van der Waals surface area contributed by atoms with Gasteiger partial charge in [-0.15, -0.1) is 0 Å². The number of rotatable bonds is 9. The predicted molar refractivity (Wildman–Crippen MR) is 110 cm³/mol. The second-order valence-corrected chi connectivity index (χ2v) is 7.35. The normalized spacial score (nSPS) is 11.8. The molecule has 152 valence electrons. The van der Waals surface area contributed by atoms with E-state index in [1.807, 2.05) is 29.2 Å². The molecule has 0 atom stereocenters. The Labute approximate surface area is 170 Å². The molecule has 0 bridgehead atoms. The van der Waals surface area contributed by atoms with Crippen molar-refractivity contribution in [1.29, 1.82) is 0 Å². The Bertz CT molecular complexity index is 973. The fourth-order valence-corrected chi connectivity index (χ4v) is 3.32. The highest BCUT2D eigenvalue weighted by Crippen LogP contribution is 2.36. The third-order valence-electron chi connectivity index (χ3n) is 4.94. The minimum atomic E-state index is -1.42. The van der Waals surface area contributed by atoms with Crippen LogP contribution < -0.4 is 0 Å². The molecule has 2 heterocycles. The second kappa shape index (κ2) is 8.64. The molecular formula is C24H26FNO3. The van der Waals surface area contributed by atoms with E-state index in [9.17, 15) is 9.50 Å². The first-order valence-electron chi connectivity index (χ1n) is 9.42. The van der Waals surface area contributed by atoms with Crippen LogP contribution in [0.2, 0.25) is 0 Å². The Kier molecular flexibility index (Phi) is 6.20. The Balaban J connectivity index is 1.84. The van der Waals surface area contributed by atoms with Crippen molar-refractivity contribution >= 4 is 0 Å². The third kappa shape index (κ3) is 4.58. The quantitative estimate of drug-likeness (QED) is 0.482. The van der Waals surface area contributed by atoms with E-state index >= 15 is 0 Å². The molecule has 0 fully saturated rings. The van der Waals surface area contributed by atoms with E-state index in [2.05, 4.69) is 13.2 Å². The van der Waals surface area contributed by atoms with Gasteiger partial charge in [0.2, 0.25) is 0 Å². The molecule has 0 aliphatic carbocycles. The van der Waals surface area contributed by atoms with Crippen LogP contribution in [-0.2, 0) is 25.2 Å². The van der Waals surface area contributed by atoms with Crippen molar-refractivity contribution in [3.63, 3.8) is 0 Å². The van der Waals surface area contributed by atoms with Gasteiger partial charge < -0.3 is 13.9 Å². The second-order valence-electron chi connectivity index (χ2n) is 7.35. The fourth-order valence-electron chi connectivity index (χ4n) is 3.32. The number of aliphatic hydroxyl groups is 1. The Morgan fingerprint density at radius 2 is 1.66 bits per heavy atom. The number of benzene rings is 1. The Morgan fingerprint density at radius 3 is 2.28 bits per heavy atom. The smallest absolute Gasteiger partial charge is 0.163 e. The molecule has 0 aliphatic rings. The summed E-state index contributed by atoms with van der Waals surface area (Å²) in [5.74, 6) is 1.53. The van der Waals surface area contributed by atoms with Crippen molar-refractivity contribution in [2.75, 3.05) is 0 Å². The molecule has 0 amide bonds. The number of hydrogen-bond acceptors (Lipinski definition) is 4. The van der Waals surface area contributed by atoms with E-state index < -0.39 is 5.60 Å². The summed E-state index contributed by atoms with van der Waals surface area (Å²) in [6.45, 7) is 12.5. The molecule has 0 saturated heterocycles. The van der Waals surface area contributed by atoms with E-state index in [1.54, 1.807) is 38.3 Å². The van der Waals surface area contributed by atoms with Gasteiger partial charge in [-0.3, -0.25) is 4.90 Å². The summed E-state index contributed by atoms with van der Waals surface area (Å²) in [5.41, 5.74) is 0.232. The first-order chi connectivity index (χ1) is 13.8. The van der Waals surface area contributed by atoms with Gasteiger partial charge in [0, 0.05) is 12.1 Å². The third-order valence-corrected chi connectivity index (χ3v) is 4.94. The molecule has 0 aliphatic heterocycles. The minimum absolute atomic E-state index is 0.254. The standard InChI is InChI=1S/C24H26FNO3/c1-17(2)24(27,18(3)4)23-12-11-21(29-23)16-26(15-20-9-7-13-28-20)14-19-8-5-6-10-22(19)25/h5-13,27H,1,3,14-16H2,2,4H3. The maximum atomic E-state index is 14.2. The summed E-state index contributed by atoms with van der Waals surface area (Å²) in [6.07, 6.45) is 1.61. The summed E-state index contributed by atoms with van der Waals surface area (Å²) >= 11 is 0. The van der Waals surface area contributed by atoms with Crippen molar-refractivity contribution in [2.45, 2.75) is 39.1 Å². The van der Waals surface area contributed by atoms with E-state index in [1.165, 1.54) is 6.07 Å². The molecule has 1 aromatic carbocycles. The van der Waals surface area contributed by atoms with Gasteiger partial charge in [-0.05, 0) is 55.3 Å². The van der Waals surface area contributed by atoms with Gasteiger partial charge in [-0.25, -0.2) is 4.39 Å². The number of furan rings is 2. The van der Waals surface area contributed by atoms with Crippen LogP contribution in [0, 0.1) is 5.82 Å². The van der Waals surface area contributed by atoms with Crippen LogP contribution >= 0.6 is 0 Å². The predicted octanol–water partition coefficient (Wildman–Crippen LogP) is 5.55. The topological polar surface area (TPSA) is 49.8 Å². The highest BCUT2D eigenvalue weighted by Gasteiger charge is 2.35. The first kappa shape index (κ1) is 20.8. The number of halogens is 1. The lowest BCUT2D eigenvalue weighted by Crippen LogP contribution is -2.27. The zero-order valence-corrected chi connectivity index (χ0v) is 16.8. The van der Waals surface area contributed by atoms with Gasteiger partial charge in [-0.1, -0.05) is 31.4 Å². The zero-order chi connectivity index (χ0) is 21.0. The highest BCUT2D eigenvalue weighted by atomic mass is 19.1. The molecule has 29 heavy (non-hydrogen) atoms. The van der Waals surface area contributed by atoms with Crippen LogP contribution in [-0.4, -0.2) is 10.0 Å². The van der Waals surface area contributed by atoms with E-state index in [4.69, 9.17) is 8.83 Å². The lowest BCUT2D eigenvalue weighted by molar-refractivity contribution is 0.0873. The molecule has 3 rings (SSSR count). The molecular weight excluding hydrogens is 369 g/mol. The van der Waals surface area contributed by atoms with Gasteiger partial charge in [0.25, 0.3) is 0 Å². The summed E-state index contributed by atoms with van der Waals surface area (Å²) in [4.78, 5) is 2.01. The summed E-state index contributed by atoms with van der Waals surface area (Å²) in [7, 11) is 0. The Hall–Kier alpha value is -2.89. The van der Waals surface area contributed by atoms with Gasteiger partial charge in [0.1, 0.15) is 23.1 Å². The molecule has 0 unspecified atom stereocenters. The van der Waals surface area contributed by atoms with E-state index in [0.29, 0.717) is 47.9 Å². The van der Waals surface area contributed by atoms with Crippen molar-refractivity contribution in [3.05, 3.63) is 108 Å². The van der Waals surface area contributed by atoms with E-state index in [-0.39, 0.29) is 5.82 Å². The molecule has 1 N–H and O–H groups in total. The highest BCUT2D eigenvalue weighted by molar-refractivity contribution is 5.35. The van der Waals surface area contributed by atoms with E-state index in [0.717, 1.165) is 5.76 Å². The Morgan fingerprint density at radius 1 is 0.966 bits per heavy atom. The molecule has 4 nitrogen and oxygen atoms in total. The van der Waals surface area contributed by atoms with Crippen molar-refractivity contribution < 1.29 is 18.3 Å². The molecule has 3 aromatic rings. The lowest BCUT2D eigenvalue weighted by atomic mass is 9.87. The van der Waals surface area contributed by atoms with Gasteiger partial charge in [0.15, 0.2) is 5.60 Å². The lowest BCUT2D eigenvalue weighted by Gasteiger charge is -2.27. The number of hydrogen-bond donors (Lipinski definition) is 1. The van der Waals surface area contributed by atoms with Crippen LogP contribution in [0.5, 0.6) is 0 Å². The molecule has 5 heteroatoms. The molecule has 2 aromatic heterocycles. The van der Waals surface area contributed by atoms with Crippen LogP contribution in [0.1, 0.15) is 36.7 Å². The van der Waals surface area contributed by atoms with Gasteiger partial charge in [0.05, 0.1) is 19.4 Å². The van der Waals surface area contributed by atoms with Crippen LogP contribution in [0.4, 0.5) is 4.39 Å². The summed E-state index contributed by atoms with van der Waals surface area (Å²) < 4.78 is 25.6. The van der Waals surface area contributed by atoms with Crippen molar-refractivity contribution in [3.8, 4) is 0 Å². The summed E-state index contributed by atoms with van der Waals surface area (Å²) in [6, 6.07) is 13.9. The van der Waals surface area contributed by atoms with Crippen LogP contribution in [0.15, 0.2) is 87.9 Å². The maximum Gasteiger partial charge on any atom is 0.163 e. The average molecular weight is 395 g/mol. The van der Waals surface area contributed by atoms with Crippen LogP contribution in [0.3, 0.4) is 0 Å². The first-order valence-corrected chi connectivity index (χ1v) is 9.42. The molecule has 0 saturated carbocycles. The zero-order valence-electron chi connectivity index (χ0n) is 16.8. The van der Waals surface area contributed by atoms with Crippen LogP contribution in [0.25, 0.3) is 0 Å². The maximum absolute atomic E-state index is 14.2. The molecule has 0 spiro atoms. The van der Waals surface area contributed by atoms with Crippen molar-refractivity contribution in [2.24, 2.45) is 0 Å². The SMILES string of the molecule is C=C(C)C(O)(C(=C)C)c1ccc(CN(Cc2ccco2)Cc2ccccc2F)o1. The molecule has 0 radical (unpaired) electrons. The van der Waals surface area contributed by atoms with Gasteiger partial charge in [-0.2, -0.15) is 0 Å². The monoisotopic (exact) mass is 395 g/mol.